The average Bonchev–Trinajstić information content (AvgIpc) is 2.46. The van der Waals surface area contributed by atoms with Crippen LogP contribution in [0.15, 0.2) is 23.2 Å². The first-order valence-corrected chi connectivity index (χ1v) is 9.47. The van der Waals surface area contributed by atoms with Gasteiger partial charge in [0.1, 0.15) is 11.4 Å². The number of aryl methyl sites for hydroxylation is 1. The van der Waals surface area contributed by atoms with Crippen molar-refractivity contribution in [1.29, 1.82) is 0 Å². The zero-order valence-corrected chi connectivity index (χ0v) is 18.9. The van der Waals surface area contributed by atoms with E-state index in [0.717, 1.165) is 36.0 Å². The van der Waals surface area contributed by atoms with Gasteiger partial charge in [-0.2, -0.15) is 11.8 Å². The lowest BCUT2D eigenvalue weighted by Gasteiger charge is -2.24. The summed E-state index contributed by atoms with van der Waals surface area (Å²) in [4.78, 5) is 4.27. The largest absolute Gasteiger partial charge is 0.488 e. The van der Waals surface area contributed by atoms with Crippen LogP contribution in [0.5, 0.6) is 5.75 Å². The summed E-state index contributed by atoms with van der Waals surface area (Å²) in [5.41, 5.74) is 2.13. The highest BCUT2D eigenvalue weighted by molar-refractivity contribution is 14.0. The van der Waals surface area contributed by atoms with Gasteiger partial charge in [-0.3, -0.25) is 4.99 Å². The molecule has 4 nitrogen and oxygen atoms in total. The molecule has 1 aromatic carbocycles. The molecule has 0 spiro atoms. The number of hydrogen-bond donors (Lipinski definition) is 2. The van der Waals surface area contributed by atoms with Gasteiger partial charge >= 0.3 is 0 Å². The number of halogens is 1. The fraction of sp³-hybridized carbons (Fsp3) is 0.611. The molecule has 1 aromatic rings. The first-order chi connectivity index (χ1) is 10.9. The molecule has 0 aliphatic carbocycles. The third kappa shape index (κ3) is 9.61. The van der Waals surface area contributed by atoms with E-state index in [9.17, 15) is 0 Å². The number of aliphatic imine (C=N–C) groups is 1. The van der Waals surface area contributed by atoms with Crippen molar-refractivity contribution in [3.8, 4) is 5.75 Å². The van der Waals surface area contributed by atoms with Gasteiger partial charge in [0, 0.05) is 25.7 Å². The van der Waals surface area contributed by atoms with E-state index in [1.807, 2.05) is 11.8 Å². The lowest BCUT2D eigenvalue weighted by atomic mass is 10.1. The minimum absolute atomic E-state index is 0. The van der Waals surface area contributed by atoms with Crippen molar-refractivity contribution in [2.75, 3.05) is 25.6 Å². The molecular formula is C18H32IN3OS. The fourth-order valence-corrected chi connectivity index (χ4v) is 2.49. The highest BCUT2D eigenvalue weighted by Crippen LogP contribution is 2.24. The molecule has 0 aliphatic rings. The van der Waals surface area contributed by atoms with Gasteiger partial charge in [0.25, 0.3) is 0 Å². The predicted octanol–water partition coefficient (Wildman–Crippen LogP) is 4.21. The second-order valence-electron chi connectivity index (χ2n) is 6.52. The Morgan fingerprint density at radius 2 is 1.96 bits per heavy atom. The van der Waals surface area contributed by atoms with Crippen LogP contribution in [0, 0.1) is 6.92 Å². The maximum atomic E-state index is 6.09. The van der Waals surface area contributed by atoms with Crippen molar-refractivity contribution < 1.29 is 4.74 Å². The maximum Gasteiger partial charge on any atom is 0.191 e. The first kappa shape index (κ1) is 23.4. The summed E-state index contributed by atoms with van der Waals surface area (Å²) in [6.45, 7) is 9.91. The standard InChI is InChI=1S/C18H31N3OS.HI/c1-14-8-9-15(16(12-14)22-18(2,3)4)13-21-17(19-5)20-10-7-11-23-6;/h8-9,12H,7,10-11,13H2,1-6H3,(H2,19,20,21);1H. The van der Waals surface area contributed by atoms with Gasteiger partial charge in [0.05, 0.1) is 0 Å². The molecule has 24 heavy (non-hydrogen) atoms. The molecule has 0 aliphatic heterocycles. The van der Waals surface area contributed by atoms with Crippen LogP contribution in [0.2, 0.25) is 0 Å². The summed E-state index contributed by atoms with van der Waals surface area (Å²) in [6, 6.07) is 6.32. The molecule has 0 saturated heterocycles. The lowest BCUT2D eigenvalue weighted by Crippen LogP contribution is -2.37. The molecular weight excluding hydrogens is 433 g/mol. The second-order valence-corrected chi connectivity index (χ2v) is 7.51. The second kappa shape index (κ2) is 11.8. The van der Waals surface area contributed by atoms with Crippen molar-refractivity contribution in [2.45, 2.75) is 46.3 Å². The summed E-state index contributed by atoms with van der Waals surface area (Å²) in [6.07, 6.45) is 3.26. The van der Waals surface area contributed by atoms with Gasteiger partial charge in [-0.25, -0.2) is 0 Å². The van der Waals surface area contributed by atoms with Gasteiger partial charge in [-0.05, 0) is 57.8 Å². The third-order valence-corrected chi connectivity index (χ3v) is 3.82. The van der Waals surface area contributed by atoms with Crippen LogP contribution >= 0.6 is 35.7 Å². The number of nitrogens with zero attached hydrogens (tertiary/aromatic N) is 1. The van der Waals surface area contributed by atoms with Crippen LogP contribution in [-0.2, 0) is 6.54 Å². The predicted molar refractivity (Wildman–Crippen MR) is 118 cm³/mol. The fourth-order valence-electron chi connectivity index (χ4n) is 2.06. The van der Waals surface area contributed by atoms with Crippen LogP contribution < -0.4 is 15.4 Å². The molecule has 6 heteroatoms. The Bertz CT molecular complexity index is 515. The van der Waals surface area contributed by atoms with Crippen LogP contribution in [0.25, 0.3) is 0 Å². The maximum absolute atomic E-state index is 6.09. The number of nitrogens with one attached hydrogen (secondary N) is 2. The summed E-state index contributed by atoms with van der Waals surface area (Å²) in [7, 11) is 1.80. The van der Waals surface area contributed by atoms with Gasteiger partial charge in [-0.1, -0.05) is 12.1 Å². The highest BCUT2D eigenvalue weighted by Gasteiger charge is 2.15. The van der Waals surface area contributed by atoms with Gasteiger partial charge in [-0.15, -0.1) is 24.0 Å². The Morgan fingerprint density at radius 1 is 1.25 bits per heavy atom. The lowest BCUT2D eigenvalue weighted by molar-refractivity contribution is 0.129. The van der Waals surface area contributed by atoms with Crippen molar-refractivity contribution in [1.82, 2.24) is 10.6 Å². The molecule has 0 fully saturated rings. The summed E-state index contributed by atoms with van der Waals surface area (Å²) >= 11 is 1.86. The van der Waals surface area contributed by atoms with E-state index in [-0.39, 0.29) is 29.6 Å². The van der Waals surface area contributed by atoms with E-state index < -0.39 is 0 Å². The van der Waals surface area contributed by atoms with Crippen molar-refractivity contribution in [2.24, 2.45) is 4.99 Å². The molecule has 0 aromatic heterocycles. The highest BCUT2D eigenvalue weighted by atomic mass is 127. The van der Waals surface area contributed by atoms with E-state index in [0.29, 0.717) is 6.54 Å². The Labute approximate surface area is 168 Å². The quantitative estimate of drug-likeness (QED) is 0.274. The van der Waals surface area contributed by atoms with Crippen molar-refractivity contribution in [3.05, 3.63) is 29.3 Å². The number of rotatable bonds is 7. The summed E-state index contributed by atoms with van der Waals surface area (Å²) < 4.78 is 6.09. The minimum Gasteiger partial charge on any atom is -0.488 e. The zero-order chi connectivity index (χ0) is 17.3. The molecule has 0 amide bonds. The molecule has 0 bridgehead atoms. The molecule has 1 rings (SSSR count). The van der Waals surface area contributed by atoms with Crippen LogP contribution in [-0.4, -0.2) is 37.2 Å². The SMILES string of the molecule is CN=C(NCCCSC)NCc1ccc(C)cc1OC(C)(C)C.I. The van der Waals surface area contributed by atoms with Crippen LogP contribution in [0.3, 0.4) is 0 Å². The van der Waals surface area contributed by atoms with Gasteiger partial charge in [0.15, 0.2) is 5.96 Å². The van der Waals surface area contributed by atoms with E-state index in [1.54, 1.807) is 7.05 Å². The van der Waals surface area contributed by atoms with Crippen molar-refractivity contribution in [3.63, 3.8) is 0 Å². The number of benzene rings is 1. The third-order valence-electron chi connectivity index (χ3n) is 3.13. The monoisotopic (exact) mass is 465 g/mol. The Kier molecular flexibility index (Phi) is 11.5. The van der Waals surface area contributed by atoms with E-state index in [1.165, 1.54) is 5.56 Å². The normalized spacial score (nSPS) is 11.7. The minimum atomic E-state index is -0.208. The average molecular weight is 465 g/mol. The number of thioether (sulfide) groups is 1. The molecule has 0 atom stereocenters. The van der Waals surface area contributed by atoms with Crippen molar-refractivity contribution >= 4 is 41.7 Å². The summed E-state index contributed by atoms with van der Waals surface area (Å²) in [5, 5.41) is 6.70. The van der Waals surface area contributed by atoms with E-state index >= 15 is 0 Å². The number of hydrogen-bond acceptors (Lipinski definition) is 3. The van der Waals surface area contributed by atoms with Crippen LogP contribution in [0.1, 0.15) is 38.3 Å². The summed E-state index contributed by atoms with van der Waals surface area (Å²) in [5.74, 6) is 2.92. The Morgan fingerprint density at radius 3 is 2.54 bits per heavy atom. The van der Waals surface area contributed by atoms with Gasteiger partial charge < -0.3 is 15.4 Å². The number of ether oxygens (including phenoxy) is 1. The van der Waals surface area contributed by atoms with E-state index in [4.69, 9.17) is 4.74 Å². The first-order valence-electron chi connectivity index (χ1n) is 8.07. The molecule has 0 radical (unpaired) electrons. The topological polar surface area (TPSA) is 45.7 Å². The molecule has 0 unspecified atom stereocenters. The molecule has 2 N–H and O–H groups in total. The molecule has 0 saturated carbocycles. The Hall–Kier alpha value is -0.630. The van der Waals surface area contributed by atoms with Crippen LogP contribution in [0.4, 0.5) is 0 Å². The zero-order valence-electron chi connectivity index (χ0n) is 15.7. The molecule has 0 heterocycles. The van der Waals surface area contributed by atoms with E-state index in [2.05, 4.69) is 67.8 Å². The van der Waals surface area contributed by atoms with Gasteiger partial charge in [0.2, 0.25) is 0 Å². The molecule has 138 valence electrons. The number of guanidine groups is 1. The Balaban J connectivity index is 0.00000529. The smallest absolute Gasteiger partial charge is 0.191 e.